The predicted molar refractivity (Wildman–Crippen MR) is 100 cm³/mol. The van der Waals surface area contributed by atoms with E-state index in [0.717, 1.165) is 46.7 Å². The van der Waals surface area contributed by atoms with Crippen molar-refractivity contribution >= 4 is 39.2 Å². The number of piperidine rings is 1. The molecule has 1 saturated heterocycles. The van der Waals surface area contributed by atoms with E-state index < -0.39 is 0 Å². The first-order valence-electron chi connectivity index (χ1n) is 7.87. The molecule has 1 unspecified atom stereocenters. The van der Waals surface area contributed by atoms with E-state index in [4.69, 9.17) is 4.74 Å². The second kappa shape index (κ2) is 7.94. The quantitative estimate of drug-likeness (QED) is 0.709. The Balaban J connectivity index is 1.69. The average Bonchev–Trinajstić information content (AvgIpc) is 3.14. The lowest BCUT2D eigenvalue weighted by atomic mass is 9.98. The number of likely N-dealkylation sites (tertiary alicyclic amines) is 1. The Hall–Kier alpha value is -1.66. The molecule has 0 N–H and O–H groups in total. The van der Waals surface area contributed by atoms with E-state index in [1.807, 2.05) is 40.8 Å². The lowest BCUT2D eigenvalue weighted by Gasteiger charge is -2.31. The summed E-state index contributed by atoms with van der Waals surface area (Å²) in [4.78, 5) is 18.9. The molecule has 0 aliphatic carbocycles. The number of hydrogen-bond donors (Lipinski definition) is 0. The van der Waals surface area contributed by atoms with E-state index in [9.17, 15) is 4.79 Å². The van der Waals surface area contributed by atoms with E-state index in [2.05, 4.69) is 20.9 Å². The molecular weight excluding hydrogens is 388 g/mol. The van der Waals surface area contributed by atoms with Crippen molar-refractivity contribution in [1.29, 1.82) is 0 Å². The van der Waals surface area contributed by atoms with Gasteiger partial charge in [-0.2, -0.15) is 0 Å². The van der Waals surface area contributed by atoms with E-state index in [1.165, 1.54) is 0 Å². The first kappa shape index (κ1) is 17.2. The third kappa shape index (κ3) is 4.05. The van der Waals surface area contributed by atoms with Crippen molar-refractivity contribution in [2.45, 2.75) is 18.8 Å². The van der Waals surface area contributed by atoms with Crippen LogP contribution in [0.3, 0.4) is 0 Å². The Bertz CT molecular complexity index is 731. The van der Waals surface area contributed by atoms with E-state index in [0.29, 0.717) is 5.92 Å². The molecular formula is C18H19BrN2O2S. The Morgan fingerprint density at radius 1 is 1.50 bits per heavy atom. The molecule has 0 spiro atoms. The molecule has 1 amide bonds. The number of carbonyl (C=O) groups excluding carboxylic acids is 1. The van der Waals surface area contributed by atoms with Crippen LogP contribution < -0.4 is 4.74 Å². The number of hydrogen-bond acceptors (Lipinski definition) is 4. The third-order valence-electron chi connectivity index (χ3n) is 4.13. The Kier molecular flexibility index (Phi) is 5.68. The number of rotatable bonds is 4. The van der Waals surface area contributed by atoms with Gasteiger partial charge in [0.1, 0.15) is 5.75 Å². The van der Waals surface area contributed by atoms with Crippen molar-refractivity contribution in [3.63, 3.8) is 0 Å². The van der Waals surface area contributed by atoms with Gasteiger partial charge < -0.3 is 9.64 Å². The summed E-state index contributed by atoms with van der Waals surface area (Å²) in [5.74, 6) is 1.15. The average molecular weight is 407 g/mol. The minimum atomic E-state index is 0.0401. The fraction of sp³-hybridized carbons (Fsp3) is 0.333. The molecule has 4 nitrogen and oxygen atoms in total. The fourth-order valence-electron chi connectivity index (χ4n) is 2.92. The number of benzene rings is 1. The summed E-state index contributed by atoms with van der Waals surface area (Å²) >= 11 is 5.12. The largest absolute Gasteiger partial charge is 0.496 e. The van der Waals surface area contributed by atoms with Crippen LogP contribution in [0.4, 0.5) is 0 Å². The van der Waals surface area contributed by atoms with E-state index >= 15 is 0 Å². The number of thiazole rings is 1. The van der Waals surface area contributed by atoms with Gasteiger partial charge in [-0.15, -0.1) is 11.3 Å². The fourth-order valence-corrected chi connectivity index (χ4v) is 4.06. The topological polar surface area (TPSA) is 42.4 Å². The van der Waals surface area contributed by atoms with Gasteiger partial charge in [-0.1, -0.05) is 15.9 Å². The van der Waals surface area contributed by atoms with Gasteiger partial charge in [-0.3, -0.25) is 4.79 Å². The number of nitrogens with zero attached hydrogens (tertiary/aromatic N) is 2. The van der Waals surface area contributed by atoms with Gasteiger partial charge >= 0.3 is 0 Å². The maximum atomic E-state index is 12.5. The minimum absolute atomic E-state index is 0.0401. The summed E-state index contributed by atoms with van der Waals surface area (Å²) in [5.41, 5.74) is 0.883. The molecule has 1 aromatic heterocycles. The lowest BCUT2D eigenvalue weighted by Crippen LogP contribution is -2.38. The summed E-state index contributed by atoms with van der Waals surface area (Å²) in [6.45, 7) is 1.55. The summed E-state index contributed by atoms with van der Waals surface area (Å²) in [7, 11) is 1.63. The van der Waals surface area contributed by atoms with E-state index in [1.54, 1.807) is 24.5 Å². The van der Waals surface area contributed by atoms with Crippen LogP contribution in [-0.2, 0) is 4.79 Å². The number of methoxy groups -OCH3 is 1. The molecule has 24 heavy (non-hydrogen) atoms. The van der Waals surface area contributed by atoms with Crippen molar-refractivity contribution in [3.05, 3.63) is 50.9 Å². The van der Waals surface area contributed by atoms with Gasteiger partial charge in [0.2, 0.25) is 5.91 Å². The van der Waals surface area contributed by atoms with Crippen molar-refractivity contribution in [3.8, 4) is 5.75 Å². The summed E-state index contributed by atoms with van der Waals surface area (Å²) in [6.07, 6.45) is 7.40. The normalized spacial score (nSPS) is 18.1. The highest BCUT2D eigenvalue weighted by molar-refractivity contribution is 9.10. The number of carbonyl (C=O) groups is 1. The summed E-state index contributed by atoms with van der Waals surface area (Å²) in [6, 6.07) is 5.74. The van der Waals surface area contributed by atoms with Crippen LogP contribution in [0.5, 0.6) is 5.75 Å². The number of amides is 1. The van der Waals surface area contributed by atoms with Crippen LogP contribution in [0.1, 0.15) is 29.3 Å². The Labute approximate surface area is 154 Å². The summed E-state index contributed by atoms with van der Waals surface area (Å²) < 4.78 is 6.30. The smallest absolute Gasteiger partial charge is 0.246 e. The molecule has 2 aromatic rings. The van der Waals surface area contributed by atoms with Crippen LogP contribution in [-0.4, -0.2) is 36.0 Å². The highest BCUT2D eigenvalue weighted by Crippen LogP contribution is 2.29. The highest BCUT2D eigenvalue weighted by Gasteiger charge is 2.25. The molecule has 126 valence electrons. The number of ether oxygens (including phenoxy) is 1. The summed E-state index contributed by atoms with van der Waals surface area (Å²) in [5, 5.41) is 3.13. The molecule has 0 saturated carbocycles. The van der Waals surface area contributed by atoms with Crippen molar-refractivity contribution in [1.82, 2.24) is 9.88 Å². The van der Waals surface area contributed by atoms with Gasteiger partial charge in [0.15, 0.2) is 0 Å². The minimum Gasteiger partial charge on any atom is -0.496 e. The predicted octanol–water partition coefficient (Wildman–Crippen LogP) is 4.33. The van der Waals surface area contributed by atoms with Gasteiger partial charge in [-0.25, -0.2) is 4.98 Å². The molecule has 1 aliphatic rings. The maximum Gasteiger partial charge on any atom is 0.246 e. The van der Waals surface area contributed by atoms with Gasteiger partial charge in [0.05, 0.1) is 12.1 Å². The monoisotopic (exact) mass is 406 g/mol. The van der Waals surface area contributed by atoms with Crippen LogP contribution >= 0.6 is 27.3 Å². The van der Waals surface area contributed by atoms with Crippen LogP contribution in [0.25, 0.3) is 6.08 Å². The SMILES string of the molecule is COc1ccc(Br)cc1/C=C/C(=O)N1CCCC(c2nccs2)C1. The maximum absolute atomic E-state index is 12.5. The standard InChI is InChI=1S/C18H19BrN2O2S/c1-23-16-6-5-15(19)11-13(16)4-7-17(22)21-9-2-3-14(12-21)18-20-8-10-24-18/h4-8,10-11,14H,2-3,9,12H2,1H3/b7-4+. The molecule has 1 atom stereocenters. The first-order chi connectivity index (χ1) is 11.7. The number of aromatic nitrogens is 1. The number of halogens is 1. The van der Waals surface area contributed by atoms with Crippen molar-refractivity contribution in [2.24, 2.45) is 0 Å². The Morgan fingerprint density at radius 3 is 3.12 bits per heavy atom. The van der Waals surface area contributed by atoms with Crippen LogP contribution in [0.15, 0.2) is 40.3 Å². The van der Waals surface area contributed by atoms with Gasteiger partial charge in [0.25, 0.3) is 0 Å². The molecule has 1 fully saturated rings. The Morgan fingerprint density at radius 2 is 2.38 bits per heavy atom. The zero-order chi connectivity index (χ0) is 16.9. The highest BCUT2D eigenvalue weighted by atomic mass is 79.9. The molecule has 6 heteroatoms. The molecule has 1 aliphatic heterocycles. The first-order valence-corrected chi connectivity index (χ1v) is 9.54. The molecule has 0 bridgehead atoms. The van der Waals surface area contributed by atoms with Gasteiger partial charge in [0, 0.05) is 46.7 Å². The third-order valence-corrected chi connectivity index (χ3v) is 5.56. The second-order valence-electron chi connectivity index (χ2n) is 5.71. The van der Waals surface area contributed by atoms with Gasteiger partial charge in [-0.05, 0) is 37.1 Å². The zero-order valence-corrected chi connectivity index (χ0v) is 15.8. The van der Waals surface area contributed by atoms with Crippen LogP contribution in [0.2, 0.25) is 0 Å². The lowest BCUT2D eigenvalue weighted by molar-refractivity contribution is -0.127. The van der Waals surface area contributed by atoms with Crippen LogP contribution in [0, 0.1) is 0 Å². The molecule has 1 aromatic carbocycles. The molecule has 2 heterocycles. The van der Waals surface area contributed by atoms with Crippen molar-refractivity contribution in [2.75, 3.05) is 20.2 Å². The zero-order valence-electron chi connectivity index (χ0n) is 13.4. The van der Waals surface area contributed by atoms with Crippen molar-refractivity contribution < 1.29 is 9.53 Å². The van der Waals surface area contributed by atoms with E-state index in [-0.39, 0.29) is 5.91 Å². The molecule has 3 rings (SSSR count). The second-order valence-corrected chi connectivity index (χ2v) is 7.56. The molecule has 0 radical (unpaired) electrons.